The number of amides is 2. The van der Waals surface area contributed by atoms with Crippen molar-refractivity contribution in [3.8, 4) is 0 Å². The van der Waals surface area contributed by atoms with Crippen molar-refractivity contribution < 1.29 is 19.1 Å². The predicted molar refractivity (Wildman–Crippen MR) is 159 cm³/mol. The number of benzene rings is 3. The largest absolute Gasteiger partial charge is 0.465 e. The molecule has 0 bridgehead atoms. The summed E-state index contributed by atoms with van der Waals surface area (Å²) in [6.07, 6.45) is -0.689. The van der Waals surface area contributed by atoms with E-state index in [-0.39, 0.29) is 23.9 Å². The molecule has 4 rings (SSSR count). The second-order valence-electron chi connectivity index (χ2n) is 11.2. The smallest absolute Gasteiger partial charge is 0.408 e. The van der Waals surface area contributed by atoms with Crippen molar-refractivity contribution in [1.82, 2.24) is 14.8 Å². The van der Waals surface area contributed by atoms with Crippen LogP contribution in [0.25, 0.3) is 10.9 Å². The van der Waals surface area contributed by atoms with E-state index in [9.17, 15) is 19.5 Å². The number of carbonyl (C=O) groups is 2. The molecule has 1 heterocycles. The summed E-state index contributed by atoms with van der Waals surface area (Å²) >= 11 is 0. The summed E-state index contributed by atoms with van der Waals surface area (Å²) < 4.78 is 5.58. The molecule has 1 aromatic heterocycles. The quantitative estimate of drug-likeness (QED) is 0.281. The Morgan fingerprint density at radius 1 is 0.951 bits per heavy atom. The van der Waals surface area contributed by atoms with Gasteiger partial charge in [0.15, 0.2) is 0 Å². The molecule has 0 fully saturated rings. The summed E-state index contributed by atoms with van der Waals surface area (Å²) in [6.45, 7) is 7.74. The van der Waals surface area contributed by atoms with E-state index >= 15 is 0 Å². The Kier molecular flexibility index (Phi) is 8.76. The average molecular weight is 557 g/mol. The minimum Gasteiger partial charge on any atom is -0.465 e. The molecule has 0 aliphatic rings. The molecule has 9 nitrogen and oxygen atoms in total. The van der Waals surface area contributed by atoms with Crippen LogP contribution in [0.5, 0.6) is 0 Å². The number of hydrogen-bond acceptors (Lipinski definition) is 6. The Morgan fingerprint density at radius 2 is 1.56 bits per heavy atom. The lowest BCUT2D eigenvalue weighted by Crippen LogP contribution is -2.44. The zero-order valence-corrected chi connectivity index (χ0v) is 24.0. The molecule has 214 valence electrons. The van der Waals surface area contributed by atoms with Crippen molar-refractivity contribution >= 4 is 28.9 Å². The highest BCUT2D eigenvalue weighted by Crippen LogP contribution is 2.24. The van der Waals surface area contributed by atoms with Gasteiger partial charge in [0, 0.05) is 32.1 Å². The van der Waals surface area contributed by atoms with Crippen LogP contribution in [-0.2, 0) is 24.3 Å². The van der Waals surface area contributed by atoms with Gasteiger partial charge in [0.25, 0.3) is 6.01 Å². The fraction of sp³-hybridized carbons (Fsp3) is 0.312. The fourth-order valence-corrected chi connectivity index (χ4v) is 4.76. The number of aromatic nitrogens is 1. The Bertz CT molecular complexity index is 1580. The molecule has 0 radical (unpaired) electrons. The normalized spacial score (nSPS) is 12.1. The molecule has 3 aromatic carbocycles. The first-order chi connectivity index (χ1) is 19.4. The summed E-state index contributed by atoms with van der Waals surface area (Å²) in [5.74, 6) is -0.176. The van der Waals surface area contributed by atoms with Crippen LogP contribution in [0.3, 0.4) is 0 Å². The first-order valence-electron chi connectivity index (χ1n) is 13.5. The molecule has 2 amide bonds. The highest BCUT2D eigenvalue weighted by molar-refractivity contribution is 5.85. The molecular weight excluding hydrogens is 520 g/mol. The van der Waals surface area contributed by atoms with Gasteiger partial charge in [-0.25, -0.2) is 9.59 Å². The maximum atomic E-state index is 13.6. The number of aryl methyl sites for hydroxylation is 1. The molecule has 0 aliphatic carbocycles. The highest BCUT2D eigenvalue weighted by atomic mass is 16.4. The maximum absolute atomic E-state index is 13.6. The van der Waals surface area contributed by atoms with Crippen molar-refractivity contribution in [2.75, 3.05) is 12.4 Å². The summed E-state index contributed by atoms with van der Waals surface area (Å²) in [7, 11) is 1.74. The number of nitrogens with one attached hydrogen (secondary N) is 1. The minimum atomic E-state index is -1.05. The van der Waals surface area contributed by atoms with Crippen LogP contribution in [0.2, 0.25) is 0 Å². The van der Waals surface area contributed by atoms with E-state index in [1.54, 1.807) is 31.0 Å². The molecule has 2 N–H and O–H groups in total. The fourth-order valence-electron chi connectivity index (χ4n) is 4.76. The first-order valence-corrected chi connectivity index (χ1v) is 13.5. The predicted octanol–water partition coefficient (Wildman–Crippen LogP) is 5.46. The average Bonchev–Trinajstić information content (AvgIpc) is 2.92. The van der Waals surface area contributed by atoms with Crippen molar-refractivity contribution in [2.45, 2.75) is 58.8 Å². The molecule has 41 heavy (non-hydrogen) atoms. The van der Waals surface area contributed by atoms with Gasteiger partial charge in [-0.3, -0.25) is 9.69 Å². The van der Waals surface area contributed by atoms with Gasteiger partial charge in [0.05, 0.1) is 10.9 Å². The van der Waals surface area contributed by atoms with Crippen LogP contribution < -0.4 is 10.9 Å². The number of fused-ring (bicyclic) bond motifs is 1. The van der Waals surface area contributed by atoms with Crippen LogP contribution in [0.1, 0.15) is 43.0 Å². The first kappa shape index (κ1) is 29.3. The van der Waals surface area contributed by atoms with Crippen LogP contribution in [-0.4, -0.2) is 50.5 Å². The Hall–Kier alpha value is -4.66. The monoisotopic (exact) mass is 556 g/mol. The van der Waals surface area contributed by atoms with Gasteiger partial charge in [-0.15, -0.1) is 0 Å². The number of hydrogen-bond donors (Lipinski definition) is 2. The van der Waals surface area contributed by atoms with Crippen LogP contribution in [0, 0.1) is 6.92 Å². The number of carboxylic acid groups (broad SMARTS) is 1. The van der Waals surface area contributed by atoms with Crippen LogP contribution in [0.4, 0.5) is 10.8 Å². The lowest BCUT2D eigenvalue weighted by molar-refractivity contribution is -0.131. The van der Waals surface area contributed by atoms with E-state index in [2.05, 4.69) is 10.3 Å². The van der Waals surface area contributed by atoms with E-state index in [0.717, 1.165) is 11.1 Å². The van der Waals surface area contributed by atoms with Gasteiger partial charge < -0.3 is 19.7 Å². The van der Waals surface area contributed by atoms with E-state index in [1.165, 1.54) is 4.90 Å². The highest BCUT2D eigenvalue weighted by Gasteiger charge is 2.28. The lowest BCUT2D eigenvalue weighted by atomic mass is 10.0. The summed E-state index contributed by atoms with van der Waals surface area (Å²) in [6, 6.07) is 22.0. The van der Waals surface area contributed by atoms with E-state index in [1.807, 2.05) is 81.4 Å². The molecule has 0 spiro atoms. The van der Waals surface area contributed by atoms with Gasteiger partial charge in [-0.1, -0.05) is 66.7 Å². The minimum absolute atomic E-state index is 0.0566. The zero-order valence-electron chi connectivity index (χ0n) is 24.0. The van der Waals surface area contributed by atoms with Crippen molar-refractivity contribution in [1.29, 1.82) is 0 Å². The van der Waals surface area contributed by atoms with Gasteiger partial charge >= 0.3 is 11.7 Å². The number of likely N-dealkylation sites (N-methyl/N-ethyl adjacent to an activating group) is 1. The zero-order chi connectivity index (χ0) is 29.7. The maximum Gasteiger partial charge on any atom is 0.408 e. The van der Waals surface area contributed by atoms with E-state index in [4.69, 9.17) is 4.42 Å². The second-order valence-corrected chi connectivity index (χ2v) is 11.2. The molecule has 9 heteroatoms. The molecule has 4 aromatic rings. The number of nitrogens with zero attached hydrogens (tertiary/aromatic N) is 3. The molecular formula is C32H36N4O5. The third-order valence-corrected chi connectivity index (χ3v) is 7.06. The molecule has 1 atom stereocenters. The van der Waals surface area contributed by atoms with Crippen LogP contribution >= 0.6 is 0 Å². The Morgan fingerprint density at radius 3 is 2.15 bits per heavy atom. The van der Waals surface area contributed by atoms with Gasteiger partial charge in [-0.2, -0.15) is 4.98 Å². The van der Waals surface area contributed by atoms with Crippen molar-refractivity contribution in [2.24, 2.45) is 0 Å². The number of anilines is 1. The van der Waals surface area contributed by atoms with Crippen LogP contribution in [0.15, 0.2) is 82.0 Å². The van der Waals surface area contributed by atoms with E-state index < -0.39 is 23.3 Å². The second kappa shape index (κ2) is 12.2. The number of rotatable bonds is 9. The SMILES string of the molecule is Cc1c(CN(C(=O)O)C(C)(C)C)ccc2nc(NC(Cc3ccccc3)C(=O)N(C)Cc3ccccc3)oc(=O)c12. The van der Waals surface area contributed by atoms with Crippen molar-refractivity contribution in [3.63, 3.8) is 0 Å². The number of carbonyl (C=O) groups excluding carboxylic acids is 1. The molecule has 1 unspecified atom stereocenters. The van der Waals surface area contributed by atoms with Crippen molar-refractivity contribution in [3.05, 3.63) is 105 Å². The molecule has 0 saturated heterocycles. The third-order valence-electron chi connectivity index (χ3n) is 7.06. The van der Waals surface area contributed by atoms with Gasteiger partial charge in [0.2, 0.25) is 5.91 Å². The Balaban J connectivity index is 1.64. The van der Waals surface area contributed by atoms with Gasteiger partial charge in [0.1, 0.15) is 6.04 Å². The topological polar surface area (TPSA) is 116 Å². The summed E-state index contributed by atoms with van der Waals surface area (Å²) in [5.41, 5.74) is 2.38. The summed E-state index contributed by atoms with van der Waals surface area (Å²) in [4.78, 5) is 46.2. The van der Waals surface area contributed by atoms with Gasteiger partial charge in [-0.05, 0) is 56.0 Å². The lowest BCUT2D eigenvalue weighted by Gasteiger charge is -2.33. The Labute approximate surface area is 239 Å². The summed E-state index contributed by atoms with van der Waals surface area (Å²) in [5, 5.41) is 13.1. The standard InChI is InChI=1S/C32H36N4O5/c1-21-24(20-36(31(39)40)32(2,3)4)16-17-25-27(21)29(38)41-30(33-25)34-26(18-22-12-8-6-9-13-22)28(37)35(5)19-23-14-10-7-11-15-23/h6-17,26H,18-20H2,1-5H3,(H,33,34)(H,39,40). The third kappa shape index (κ3) is 7.11. The van der Waals surface area contributed by atoms with E-state index in [0.29, 0.717) is 29.6 Å². The molecule has 0 aliphatic heterocycles. The molecule has 0 saturated carbocycles.